The highest BCUT2D eigenvalue weighted by Crippen LogP contribution is 2.03. The summed E-state index contributed by atoms with van der Waals surface area (Å²) < 4.78 is 6.53. The van der Waals surface area contributed by atoms with Crippen molar-refractivity contribution in [3.63, 3.8) is 0 Å². The Morgan fingerprint density at radius 1 is 1.19 bits per heavy atom. The molecule has 1 aromatic heterocycles. The highest BCUT2D eigenvalue weighted by atomic mass is 16.5. The van der Waals surface area contributed by atoms with Gasteiger partial charge < -0.3 is 19.9 Å². The Bertz CT molecular complexity index is 687. The van der Waals surface area contributed by atoms with Gasteiger partial charge >= 0.3 is 0 Å². The summed E-state index contributed by atoms with van der Waals surface area (Å²) in [7, 11) is 0. The third-order valence-electron chi connectivity index (χ3n) is 3.90. The number of pyridine rings is 1. The lowest BCUT2D eigenvalue weighted by molar-refractivity contribution is -0.121. The Morgan fingerprint density at radius 2 is 1.88 bits per heavy atom. The maximum Gasteiger partial charge on any atom is 0.253 e. The van der Waals surface area contributed by atoms with Gasteiger partial charge in [0.15, 0.2) is 0 Å². The predicted molar refractivity (Wildman–Crippen MR) is 98.2 cm³/mol. The van der Waals surface area contributed by atoms with Crippen molar-refractivity contribution >= 4 is 11.8 Å². The largest absolute Gasteiger partial charge is 0.379 e. The highest BCUT2D eigenvalue weighted by molar-refractivity contribution is 5.94. The van der Waals surface area contributed by atoms with Crippen LogP contribution < -0.4 is 16.2 Å². The van der Waals surface area contributed by atoms with Gasteiger partial charge in [0.05, 0.1) is 18.8 Å². The number of morpholine rings is 1. The number of nitrogens with zero attached hydrogens (tertiary/aromatic N) is 2. The van der Waals surface area contributed by atoms with Crippen molar-refractivity contribution in [2.45, 2.75) is 32.9 Å². The van der Waals surface area contributed by atoms with E-state index in [0.29, 0.717) is 25.3 Å². The molecule has 26 heavy (non-hydrogen) atoms. The molecule has 0 unspecified atom stereocenters. The molecule has 1 aliphatic heterocycles. The first kappa shape index (κ1) is 20.1. The number of carbonyl (C=O) groups is 2. The number of nitrogens with one attached hydrogen (secondary N) is 2. The quantitative estimate of drug-likeness (QED) is 0.731. The van der Waals surface area contributed by atoms with E-state index in [4.69, 9.17) is 4.74 Å². The van der Waals surface area contributed by atoms with E-state index in [-0.39, 0.29) is 29.5 Å². The fourth-order valence-corrected chi connectivity index (χ4v) is 2.59. The van der Waals surface area contributed by atoms with E-state index in [1.54, 1.807) is 0 Å². The van der Waals surface area contributed by atoms with Crippen LogP contribution in [0.2, 0.25) is 0 Å². The van der Waals surface area contributed by atoms with Crippen molar-refractivity contribution in [1.82, 2.24) is 20.1 Å². The second-order valence-corrected chi connectivity index (χ2v) is 7.39. The lowest BCUT2D eigenvalue weighted by Crippen LogP contribution is -2.42. The Labute approximate surface area is 153 Å². The van der Waals surface area contributed by atoms with E-state index in [9.17, 15) is 14.4 Å². The number of ether oxygens (including phenoxy) is 1. The minimum atomic E-state index is -0.380. The van der Waals surface area contributed by atoms with Crippen LogP contribution in [0.1, 0.15) is 31.1 Å². The van der Waals surface area contributed by atoms with Gasteiger partial charge in [0.2, 0.25) is 5.91 Å². The molecule has 0 spiro atoms. The average Bonchev–Trinajstić information content (AvgIpc) is 2.56. The van der Waals surface area contributed by atoms with E-state index in [1.807, 2.05) is 20.8 Å². The van der Waals surface area contributed by atoms with Crippen molar-refractivity contribution < 1.29 is 14.3 Å². The smallest absolute Gasteiger partial charge is 0.253 e. The van der Waals surface area contributed by atoms with E-state index in [2.05, 4.69) is 15.5 Å². The number of hydrogen-bond acceptors (Lipinski definition) is 5. The standard InChI is InChI=1S/C18H28N4O4/c1-18(2,3)20-17(25)14-4-5-16(24)22(12-14)13-15(23)19-6-7-21-8-10-26-11-9-21/h4-5,12H,6-11,13H2,1-3H3,(H,19,23)(H,20,25). The van der Waals surface area contributed by atoms with Gasteiger partial charge in [-0.2, -0.15) is 0 Å². The zero-order valence-electron chi connectivity index (χ0n) is 15.7. The molecule has 0 atom stereocenters. The molecule has 0 bridgehead atoms. The molecule has 2 amide bonds. The summed E-state index contributed by atoms with van der Waals surface area (Å²) in [5.41, 5.74) is -0.351. The maximum absolute atomic E-state index is 12.2. The normalized spacial score (nSPS) is 15.5. The summed E-state index contributed by atoms with van der Waals surface area (Å²) in [6.45, 7) is 9.93. The molecule has 0 radical (unpaired) electrons. The van der Waals surface area contributed by atoms with Crippen LogP contribution in [0.25, 0.3) is 0 Å². The lowest BCUT2D eigenvalue weighted by Gasteiger charge is -2.26. The Hall–Kier alpha value is -2.19. The molecule has 2 rings (SSSR count). The summed E-state index contributed by atoms with van der Waals surface area (Å²) in [5.74, 6) is -0.535. The molecule has 2 heterocycles. The van der Waals surface area contributed by atoms with Crippen molar-refractivity contribution in [1.29, 1.82) is 0 Å². The second kappa shape index (κ2) is 8.95. The van der Waals surface area contributed by atoms with E-state index >= 15 is 0 Å². The Morgan fingerprint density at radius 3 is 2.54 bits per heavy atom. The first-order valence-corrected chi connectivity index (χ1v) is 8.84. The topological polar surface area (TPSA) is 92.7 Å². The van der Waals surface area contributed by atoms with Gasteiger partial charge in [0.25, 0.3) is 11.5 Å². The Balaban J connectivity index is 1.89. The number of aromatic nitrogens is 1. The predicted octanol–water partition coefficient (Wildman–Crippen LogP) is -0.175. The Kier molecular flexibility index (Phi) is 6.93. The zero-order chi connectivity index (χ0) is 19.2. The van der Waals surface area contributed by atoms with Gasteiger partial charge in [0, 0.05) is 44.0 Å². The third kappa shape index (κ3) is 6.61. The van der Waals surface area contributed by atoms with Crippen LogP contribution in [-0.2, 0) is 16.1 Å². The van der Waals surface area contributed by atoms with Crippen LogP contribution in [-0.4, -0.2) is 66.2 Å². The summed E-state index contributed by atoms with van der Waals surface area (Å²) in [6.07, 6.45) is 1.42. The van der Waals surface area contributed by atoms with Crippen LogP contribution in [0.3, 0.4) is 0 Å². The fraction of sp³-hybridized carbons (Fsp3) is 0.611. The van der Waals surface area contributed by atoms with Gasteiger partial charge in [0.1, 0.15) is 6.54 Å². The lowest BCUT2D eigenvalue weighted by atomic mass is 10.1. The summed E-state index contributed by atoms with van der Waals surface area (Å²) in [6, 6.07) is 2.77. The van der Waals surface area contributed by atoms with Gasteiger partial charge in [-0.3, -0.25) is 19.3 Å². The molecule has 1 aliphatic rings. The molecule has 8 nitrogen and oxygen atoms in total. The minimum Gasteiger partial charge on any atom is -0.379 e. The number of rotatable bonds is 6. The molecule has 2 N–H and O–H groups in total. The van der Waals surface area contributed by atoms with Crippen LogP contribution >= 0.6 is 0 Å². The zero-order valence-corrected chi connectivity index (χ0v) is 15.7. The fourth-order valence-electron chi connectivity index (χ4n) is 2.59. The second-order valence-electron chi connectivity index (χ2n) is 7.39. The van der Waals surface area contributed by atoms with E-state index < -0.39 is 0 Å². The number of hydrogen-bond donors (Lipinski definition) is 2. The molecular formula is C18H28N4O4. The van der Waals surface area contributed by atoms with Crippen LogP contribution in [0.5, 0.6) is 0 Å². The number of amides is 2. The molecule has 144 valence electrons. The third-order valence-corrected chi connectivity index (χ3v) is 3.90. The molecule has 0 aliphatic carbocycles. The first-order chi connectivity index (χ1) is 12.2. The molecular weight excluding hydrogens is 336 g/mol. The molecule has 1 aromatic rings. The van der Waals surface area contributed by atoms with E-state index in [1.165, 1.54) is 22.9 Å². The van der Waals surface area contributed by atoms with Gasteiger partial charge in [-0.25, -0.2) is 0 Å². The molecule has 1 saturated heterocycles. The van der Waals surface area contributed by atoms with E-state index in [0.717, 1.165) is 19.6 Å². The van der Waals surface area contributed by atoms with Crippen LogP contribution in [0, 0.1) is 0 Å². The number of carbonyl (C=O) groups excluding carboxylic acids is 2. The van der Waals surface area contributed by atoms with Crippen LogP contribution in [0.4, 0.5) is 0 Å². The average molecular weight is 364 g/mol. The molecule has 0 saturated carbocycles. The SMILES string of the molecule is CC(C)(C)NC(=O)c1ccc(=O)n(CC(=O)NCCN2CCOCC2)c1. The molecule has 0 aromatic carbocycles. The monoisotopic (exact) mass is 364 g/mol. The highest BCUT2D eigenvalue weighted by Gasteiger charge is 2.16. The first-order valence-electron chi connectivity index (χ1n) is 8.84. The van der Waals surface area contributed by atoms with Crippen LogP contribution in [0.15, 0.2) is 23.1 Å². The van der Waals surface area contributed by atoms with Crippen molar-refractivity contribution in [2.24, 2.45) is 0 Å². The van der Waals surface area contributed by atoms with Crippen molar-refractivity contribution in [3.8, 4) is 0 Å². The van der Waals surface area contributed by atoms with Gasteiger partial charge in [-0.15, -0.1) is 0 Å². The van der Waals surface area contributed by atoms with Gasteiger partial charge in [-0.1, -0.05) is 0 Å². The summed E-state index contributed by atoms with van der Waals surface area (Å²) in [4.78, 5) is 38.5. The minimum absolute atomic E-state index is 0.113. The van der Waals surface area contributed by atoms with Gasteiger partial charge in [-0.05, 0) is 26.8 Å². The van der Waals surface area contributed by atoms with Crippen molar-refractivity contribution in [3.05, 3.63) is 34.2 Å². The summed E-state index contributed by atoms with van der Waals surface area (Å²) >= 11 is 0. The summed E-state index contributed by atoms with van der Waals surface area (Å²) in [5, 5.41) is 5.65. The molecule has 8 heteroatoms. The van der Waals surface area contributed by atoms with Crippen molar-refractivity contribution in [2.75, 3.05) is 39.4 Å². The molecule has 1 fully saturated rings. The maximum atomic E-state index is 12.2.